The third-order valence-electron chi connectivity index (χ3n) is 6.99. The zero-order valence-electron chi connectivity index (χ0n) is 13.4. The number of unbranched alkanes of at least 4 members (excludes halogenated alkanes) is 1. The first kappa shape index (κ1) is 15.4. The molecule has 0 radical (unpaired) electrons. The Morgan fingerprint density at radius 2 is 1.85 bits per heavy atom. The van der Waals surface area contributed by atoms with Crippen molar-refractivity contribution in [1.29, 1.82) is 0 Å². The normalized spacial score (nSPS) is 44.1. The number of fused-ring (bicyclic) bond motifs is 2. The fourth-order valence-electron chi connectivity index (χ4n) is 5.65. The summed E-state index contributed by atoms with van der Waals surface area (Å²) in [6.45, 7) is 2.33. The average molecular weight is 341 g/mol. The van der Waals surface area contributed by atoms with Crippen molar-refractivity contribution in [2.75, 3.05) is 5.33 Å². The van der Waals surface area contributed by atoms with Gasteiger partial charge in [0.2, 0.25) is 0 Å². The summed E-state index contributed by atoms with van der Waals surface area (Å²) in [5.41, 5.74) is 0.678. The van der Waals surface area contributed by atoms with Crippen molar-refractivity contribution >= 4 is 15.9 Å². The van der Waals surface area contributed by atoms with E-state index in [-0.39, 0.29) is 0 Å². The van der Waals surface area contributed by atoms with Crippen LogP contribution in [-0.4, -0.2) is 5.33 Å². The van der Waals surface area contributed by atoms with Crippen LogP contribution in [0.1, 0.15) is 84.0 Å². The molecule has 0 aliphatic heterocycles. The van der Waals surface area contributed by atoms with E-state index in [2.05, 4.69) is 22.9 Å². The summed E-state index contributed by atoms with van der Waals surface area (Å²) in [5, 5.41) is 1.27. The predicted octanol–water partition coefficient (Wildman–Crippen LogP) is 6.57. The van der Waals surface area contributed by atoms with Gasteiger partial charge in [-0.2, -0.15) is 0 Å². The van der Waals surface area contributed by atoms with Gasteiger partial charge in [0.1, 0.15) is 0 Å². The van der Waals surface area contributed by atoms with E-state index in [0.717, 1.165) is 23.7 Å². The molecule has 0 heterocycles. The second kappa shape index (κ2) is 6.71. The van der Waals surface area contributed by atoms with Gasteiger partial charge in [-0.3, -0.25) is 0 Å². The summed E-state index contributed by atoms with van der Waals surface area (Å²) in [5.74, 6) is 4.40. The van der Waals surface area contributed by atoms with Crippen LogP contribution in [0.5, 0.6) is 0 Å². The lowest BCUT2D eigenvalue weighted by atomic mass is 9.65. The highest BCUT2D eigenvalue weighted by Crippen LogP contribution is 2.55. The lowest BCUT2D eigenvalue weighted by molar-refractivity contribution is 0.115. The van der Waals surface area contributed by atoms with Gasteiger partial charge in [0.25, 0.3) is 0 Å². The van der Waals surface area contributed by atoms with Gasteiger partial charge in [-0.05, 0) is 80.5 Å². The SMILES string of the molecule is CCCCC1CCC(CBr)(CC2CC3CCC2C3)CC1. The summed E-state index contributed by atoms with van der Waals surface area (Å²) in [7, 11) is 0. The highest BCUT2D eigenvalue weighted by Gasteiger charge is 2.44. The van der Waals surface area contributed by atoms with Crippen LogP contribution in [0.25, 0.3) is 0 Å². The summed E-state index contributed by atoms with van der Waals surface area (Å²) >= 11 is 3.90. The minimum Gasteiger partial charge on any atom is -0.0922 e. The first-order valence-corrected chi connectivity index (χ1v) is 10.4. The summed E-state index contributed by atoms with van der Waals surface area (Å²) < 4.78 is 0. The Bertz CT molecular complexity index is 303. The van der Waals surface area contributed by atoms with E-state index >= 15 is 0 Å². The zero-order valence-corrected chi connectivity index (χ0v) is 15.0. The van der Waals surface area contributed by atoms with E-state index < -0.39 is 0 Å². The first-order chi connectivity index (χ1) is 9.74. The Balaban J connectivity index is 1.51. The monoisotopic (exact) mass is 340 g/mol. The lowest BCUT2D eigenvalue weighted by Gasteiger charge is -2.42. The topological polar surface area (TPSA) is 0 Å². The number of halogens is 1. The van der Waals surface area contributed by atoms with Crippen molar-refractivity contribution in [3.8, 4) is 0 Å². The van der Waals surface area contributed by atoms with Crippen LogP contribution < -0.4 is 0 Å². The number of alkyl halides is 1. The second-order valence-corrected chi connectivity index (χ2v) is 8.92. The Morgan fingerprint density at radius 1 is 1.05 bits per heavy atom. The van der Waals surface area contributed by atoms with Crippen LogP contribution >= 0.6 is 15.9 Å². The molecule has 1 heteroatoms. The molecule has 3 unspecified atom stereocenters. The molecular formula is C19H33Br. The van der Waals surface area contributed by atoms with Crippen LogP contribution in [0.2, 0.25) is 0 Å². The van der Waals surface area contributed by atoms with E-state index in [0.29, 0.717) is 5.41 Å². The molecule has 3 rings (SSSR count). The van der Waals surface area contributed by atoms with Gasteiger partial charge in [0.05, 0.1) is 0 Å². The molecule has 3 fully saturated rings. The van der Waals surface area contributed by atoms with Gasteiger partial charge in [0, 0.05) is 5.33 Å². The maximum absolute atomic E-state index is 3.90. The molecule has 0 N–H and O–H groups in total. The lowest BCUT2D eigenvalue weighted by Crippen LogP contribution is -2.32. The quantitative estimate of drug-likeness (QED) is 0.479. The van der Waals surface area contributed by atoms with Gasteiger partial charge < -0.3 is 0 Å². The fourth-order valence-corrected chi connectivity index (χ4v) is 6.44. The summed E-state index contributed by atoms with van der Waals surface area (Å²) in [6.07, 6.45) is 18.3. The molecule has 0 spiro atoms. The van der Waals surface area contributed by atoms with Crippen LogP contribution in [-0.2, 0) is 0 Å². The van der Waals surface area contributed by atoms with Gasteiger partial charge in [-0.15, -0.1) is 0 Å². The molecule has 116 valence electrons. The molecule has 3 aliphatic rings. The fraction of sp³-hybridized carbons (Fsp3) is 1.00. The van der Waals surface area contributed by atoms with Crippen LogP contribution in [0.4, 0.5) is 0 Å². The van der Waals surface area contributed by atoms with Crippen LogP contribution in [0.15, 0.2) is 0 Å². The number of hydrogen-bond donors (Lipinski definition) is 0. The predicted molar refractivity (Wildman–Crippen MR) is 91.3 cm³/mol. The summed E-state index contributed by atoms with van der Waals surface area (Å²) in [6, 6.07) is 0. The van der Waals surface area contributed by atoms with Gasteiger partial charge in [-0.1, -0.05) is 48.5 Å². The van der Waals surface area contributed by atoms with Gasteiger partial charge in [0.15, 0.2) is 0 Å². The molecule has 3 aliphatic carbocycles. The zero-order chi connectivity index (χ0) is 14.0. The van der Waals surface area contributed by atoms with Gasteiger partial charge in [-0.25, -0.2) is 0 Å². The summed E-state index contributed by atoms with van der Waals surface area (Å²) in [4.78, 5) is 0. The van der Waals surface area contributed by atoms with Crippen molar-refractivity contribution in [2.45, 2.75) is 84.0 Å². The third kappa shape index (κ3) is 3.28. The Kier molecular flexibility index (Phi) is 5.16. The third-order valence-corrected chi connectivity index (χ3v) is 8.18. The minimum atomic E-state index is 0.678. The largest absolute Gasteiger partial charge is 0.0922 e. The molecule has 0 aromatic carbocycles. The van der Waals surface area contributed by atoms with E-state index in [1.54, 1.807) is 32.1 Å². The van der Waals surface area contributed by atoms with E-state index in [1.165, 1.54) is 50.3 Å². The van der Waals surface area contributed by atoms with Gasteiger partial charge >= 0.3 is 0 Å². The van der Waals surface area contributed by atoms with E-state index in [1.807, 2.05) is 0 Å². The highest BCUT2D eigenvalue weighted by atomic mass is 79.9. The maximum Gasteiger partial charge on any atom is 0.00880 e. The molecule has 20 heavy (non-hydrogen) atoms. The van der Waals surface area contributed by atoms with Crippen LogP contribution in [0.3, 0.4) is 0 Å². The first-order valence-electron chi connectivity index (χ1n) is 9.30. The molecule has 0 nitrogen and oxygen atoms in total. The average Bonchev–Trinajstić information content (AvgIpc) is 3.09. The highest BCUT2D eigenvalue weighted by molar-refractivity contribution is 9.09. The standard InChI is InChI=1S/C19H33Br/c1-2-3-4-15-7-9-19(14-20,10-8-15)13-18-12-16-5-6-17(18)11-16/h15-18H,2-14H2,1H3. The Hall–Kier alpha value is 0.480. The van der Waals surface area contributed by atoms with Crippen LogP contribution in [0, 0.1) is 29.1 Å². The molecule has 0 saturated heterocycles. The molecule has 3 saturated carbocycles. The molecular weight excluding hydrogens is 308 g/mol. The second-order valence-electron chi connectivity index (χ2n) is 8.36. The van der Waals surface area contributed by atoms with E-state index in [4.69, 9.17) is 0 Å². The van der Waals surface area contributed by atoms with Crippen molar-refractivity contribution in [2.24, 2.45) is 29.1 Å². The maximum atomic E-state index is 3.90. The van der Waals surface area contributed by atoms with E-state index in [9.17, 15) is 0 Å². The minimum absolute atomic E-state index is 0.678. The van der Waals surface area contributed by atoms with Crippen molar-refractivity contribution in [3.63, 3.8) is 0 Å². The number of hydrogen-bond acceptors (Lipinski definition) is 0. The number of rotatable bonds is 6. The molecule has 0 aromatic heterocycles. The molecule has 0 aromatic rings. The Morgan fingerprint density at radius 3 is 2.40 bits per heavy atom. The smallest absolute Gasteiger partial charge is 0.00880 e. The molecule has 3 atom stereocenters. The van der Waals surface area contributed by atoms with Crippen molar-refractivity contribution in [1.82, 2.24) is 0 Å². The van der Waals surface area contributed by atoms with Crippen molar-refractivity contribution < 1.29 is 0 Å². The van der Waals surface area contributed by atoms with Crippen molar-refractivity contribution in [3.05, 3.63) is 0 Å². The molecule has 0 amide bonds. The Labute approximate surface area is 134 Å². The molecule has 2 bridgehead atoms.